The number of amides is 1. The van der Waals surface area contributed by atoms with Crippen LogP contribution in [0.4, 0.5) is 0 Å². The molecular weight excluding hydrogens is 358 g/mol. The van der Waals surface area contributed by atoms with E-state index < -0.39 is 36.0 Å². The van der Waals surface area contributed by atoms with Crippen LogP contribution in [0.25, 0.3) is 0 Å². The highest BCUT2D eigenvalue weighted by Gasteiger charge is 2.41. The molecule has 2 aromatic rings. The minimum atomic E-state index is -2.25. The van der Waals surface area contributed by atoms with Gasteiger partial charge in [0, 0.05) is 5.18 Å². The fraction of sp³-hybridized carbons (Fsp3) is 0.111. The number of benzene rings is 2. The molecule has 0 radical (unpaired) electrons. The summed E-state index contributed by atoms with van der Waals surface area (Å²) in [5.74, 6) is -5.56. The van der Waals surface area contributed by atoms with Gasteiger partial charge in [-0.1, -0.05) is 36.4 Å². The average molecular weight is 371 g/mol. The van der Waals surface area contributed by atoms with Crippen LogP contribution in [0.1, 0.15) is 20.7 Å². The number of aliphatic carboxylic acids is 1. The predicted octanol–water partition coefficient (Wildman–Crippen LogP) is 1.82. The highest BCUT2D eigenvalue weighted by molar-refractivity contribution is 5.96. The van der Waals surface area contributed by atoms with Crippen LogP contribution in [0.15, 0.2) is 65.8 Å². The van der Waals surface area contributed by atoms with Gasteiger partial charge < -0.3 is 14.6 Å². The lowest BCUT2D eigenvalue weighted by Crippen LogP contribution is -2.45. The quantitative estimate of drug-likeness (QED) is 0.575. The zero-order valence-corrected chi connectivity index (χ0v) is 13.7. The second kappa shape index (κ2) is 8.99. The maximum absolute atomic E-state index is 12.1. The van der Waals surface area contributed by atoms with Gasteiger partial charge in [0.15, 0.2) is 0 Å². The van der Waals surface area contributed by atoms with Crippen molar-refractivity contribution < 1.29 is 33.8 Å². The lowest BCUT2D eigenvalue weighted by Gasteiger charge is -2.21. The summed E-state index contributed by atoms with van der Waals surface area (Å²) in [6, 6.07) is 14.7. The molecule has 0 aliphatic rings. The molecule has 0 saturated carbocycles. The molecule has 0 aliphatic heterocycles. The third kappa shape index (κ3) is 5.05. The molecular formula is C18H13NO8. The number of carbonyl (C=O) groups is 4. The molecule has 0 aromatic heterocycles. The maximum atomic E-state index is 12.1. The second-order valence-electron chi connectivity index (χ2n) is 5.15. The van der Waals surface area contributed by atoms with Crippen LogP contribution >= 0.6 is 0 Å². The summed E-state index contributed by atoms with van der Waals surface area (Å²) < 4.78 is 9.59. The Hall–Kier alpha value is -3.88. The minimum absolute atomic E-state index is 0.000256. The first-order chi connectivity index (χ1) is 12.9. The van der Waals surface area contributed by atoms with Gasteiger partial charge in [0.1, 0.15) is 0 Å². The van der Waals surface area contributed by atoms with E-state index in [1.54, 1.807) is 12.1 Å². The lowest BCUT2D eigenvalue weighted by molar-refractivity contribution is -0.158. The van der Waals surface area contributed by atoms with E-state index in [0.717, 1.165) is 0 Å². The summed E-state index contributed by atoms with van der Waals surface area (Å²) in [4.78, 5) is 58.0. The molecule has 0 saturated heterocycles. The first-order valence-corrected chi connectivity index (χ1v) is 7.56. The van der Waals surface area contributed by atoms with E-state index >= 15 is 0 Å². The van der Waals surface area contributed by atoms with Crippen LogP contribution in [-0.2, 0) is 19.1 Å². The monoisotopic (exact) mass is 371 g/mol. The molecule has 1 N–H and O–H groups in total. The Bertz CT molecular complexity index is 850. The van der Waals surface area contributed by atoms with Gasteiger partial charge in [-0.15, -0.1) is 4.91 Å². The van der Waals surface area contributed by atoms with Crippen LogP contribution in [0.3, 0.4) is 0 Å². The zero-order chi connectivity index (χ0) is 19.8. The Kier molecular flexibility index (Phi) is 6.48. The molecule has 0 aliphatic carbocycles. The number of rotatable bonds is 7. The smallest absolute Gasteiger partial charge is 0.349 e. The van der Waals surface area contributed by atoms with Crippen molar-refractivity contribution in [1.29, 1.82) is 0 Å². The van der Waals surface area contributed by atoms with Crippen LogP contribution in [-0.4, -0.2) is 41.1 Å². The van der Waals surface area contributed by atoms with Crippen molar-refractivity contribution in [3.05, 3.63) is 76.7 Å². The molecule has 1 amide bonds. The van der Waals surface area contributed by atoms with Gasteiger partial charge in [-0.05, 0) is 24.3 Å². The van der Waals surface area contributed by atoms with Gasteiger partial charge in [-0.2, -0.15) is 0 Å². The molecule has 0 spiro atoms. The summed E-state index contributed by atoms with van der Waals surface area (Å²) in [5.41, 5.74) is 0.00289. The summed E-state index contributed by atoms with van der Waals surface area (Å²) in [5, 5.41) is 11.4. The Balaban J connectivity index is 2.26. The van der Waals surface area contributed by atoms with Crippen molar-refractivity contribution in [3.63, 3.8) is 0 Å². The topological polar surface area (TPSA) is 136 Å². The number of nitrogens with zero attached hydrogens (tertiary/aromatic N) is 1. The van der Waals surface area contributed by atoms with E-state index in [4.69, 9.17) is 9.47 Å². The molecule has 0 bridgehead atoms. The Morgan fingerprint density at radius 3 is 1.52 bits per heavy atom. The van der Waals surface area contributed by atoms with Gasteiger partial charge >= 0.3 is 23.8 Å². The molecule has 2 unspecified atom stereocenters. The molecule has 0 heterocycles. The van der Waals surface area contributed by atoms with Crippen LogP contribution in [0.2, 0.25) is 0 Å². The van der Waals surface area contributed by atoms with E-state index in [9.17, 15) is 29.2 Å². The van der Waals surface area contributed by atoms with Crippen LogP contribution in [0.5, 0.6) is 0 Å². The first-order valence-electron chi connectivity index (χ1n) is 7.56. The normalized spacial score (nSPS) is 12.3. The van der Waals surface area contributed by atoms with E-state index in [-0.39, 0.29) is 11.1 Å². The number of hydrogen-bond acceptors (Lipinski definition) is 7. The third-order valence-electron chi connectivity index (χ3n) is 3.34. The molecule has 2 aromatic carbocycles. The molecule has 9 heteroatoms. The number of carbonyl (C=O) groups excluding carboxylic acids is 3. The lowest BCUT2D eigenvalue weighted by atomic mass is 10.1. The highest BCUT2D eigenvalue weighted by atomic mass is 16.6. The van der Waals surface area contributed by atoms with Gasteiger partial charge in [-0.3, -0.25) is 4.79 Å². The number of hydrogen-bond donors (Lipinski definition) is 1. The van der Waals surface area contributed by atoms with Crippen molar-refractivity contribution in [2.24, 2.45) is 5.18 Å². The number of ether oxygens (including phenoxy) is 2. The molecule has 0 fully saturated rings. The van der Waals surface area contributed by atoms with Crippen molar-refractivity contribution >= 4 is 23.8 Å². The number of carboxylic acid groups (broad SMARTS) is 1. The zero-order valence-electron chi connectivity index (χ0n) is 13.7. The third-order valence-corrected chi connectivity index (χ3v) is 3.34. The first kappa shape index (κ1) is 19.4. The van der Waals surface area contributed by atoms with E-state index in [2.05, 4.69) is 5.18 Å². The highest BCUT2D eigenvalue weighted by Crippen LogP contribution is 2.14. The van der Waals surface area contributed by atoms with Gasteiger partial charge in [0.2, 0.25) is 12.2 Å². The van der Waals surface area contributed by atoms with Gasteiger partial charge in [0.05, 0.1) is 11.1 Å². The van der Waals surface area contributed by atoms with E-state index in [1.807, 2.05) is 0 Å². The maximum Gasteiger partial charge on any atom is 0.349 e. The van der Waals surface area contributed by atoms with Gasteiger partial charge in [-0.25, -0.2) is 14.4 Å². The van der Waals surface area contributed by atoms with Crippen molar-refractivity contribution in [1.82, 2.24) is 0 Å². The van der Waals surface area contributed by atoms with E-state index in [1.165, 1.54) is 48.5 Å². The van der Waals surface area contributed by atoms with Gasteiger partial charge in [0.25, 0.3) is 0 Å². The summed E-state index contributed by atoms with van der Waals surface area (Å²) in [6.07, 6.45) is -4.49. The number of esters is 2. The predicted molar refractivity (Wildman–Crippen MR) is 89.7 cm³/mol. The fourth-order valence-corrected chi connectivity index (χ4v) is 2.05. The molecule has 9 nitrogen and oxygen atoms in total. The van der Waals surface area contributed by atoms with Crippen molar-refractivity contribution in [2.45, 2.75) is 12.2 Å². The van der Waals surface area contributed by atoms with Crippen molar-refractivity contribution in [3.8, 4) is 0 Å². The van der Waals surface area contributed by atoms with E-state index in [0.29, 0.717) is 0 Å². The van der Waals surface area contributed by atoms with Crippen LogP contribution < -0.4 is 0 Å². The molecule has 2 atom stereocenters. The summed E-state index contributed by atoms with van der Waals surface area (Å²) >= 11 is 0. The Labute approximate surface area is 152 Å². The largest absolute Gasteiger partial charge is 0.478 e. The Morgan fingerprint density at radius 2 is 1.15 bits per heavy atom. The SMILES string of the molecule is O=NC(=O)C(OC(=O)c1ccccc1)C(OC(=O)c1ccccc1)C(=O)O. The fourth-order valence-electron chi connectivity index (χ4n) is 2.05. The molecule has 2 rings (SSSR count). The number of carboxylic acids is 1. The average Bonchev–Trinajstić information content (AvgIpc) is 2.70. The number of nitroso groups, excluding NO2 is 1. The van der Waals surface area contributed by atoms with Crippen LogP contribution in [0, 0.1) is 4.91 Å². The van der Waals surface area contributed by atoms with Crippen molar-refractivity contribution in [2.75, 3.05) is 0 Å². The standard InChI is InChI=1S/C18H13NO8/c20-15(19-25)13(26-17(23)11-7-3-1-4-8-11)14(16(21)22)27-18(24)12-9-5-2-6-10-12/h1-10,13-14H,(H,21,22). The Morgan fingerprint density at radius 1 is 0.741 bits per heavy atom. The summed E-state index contributed by atoms with van der Waals surface area (Å²) in [6.45, 7) is 0. The molecule has 27 heavy (non-hydrogen) atoms. The summed E-state index contributed by atoms with van der Waals surface area (Å²) in [7, 11) is 0. The second-order valence-corrected chi connectivity index (χ2v) is 5.15. The minimum Gasteiger partial charge on any atom is -0.478 e. The molecule has 138 valence electrons.